The van der Waals surface area contributed by atoms with Crippen molar-refractivity contribution in [1.82, 2.24) is 5.32 Å². The third-order valence-corrected chi connectivity index (χ3v) is 4.46. The van der Waals surface area contributed by atoms with Gasteiger partial charge in [0.25, 0.3) is 0 Å². The highest BCUT2D eigenvalue weighted by molar-refractivity contribution is 5.55. The van der Waals surface area contributed by atoms with Gasteiger partial charge in [-0.2, -0.15) is 0 Å². The van der Waals surface area contributed by atoms with Crippen molar-refractivity contribution in [1.29, 1.82) is 0 Å². The third kappa shape index (κ3) is 3.13. The molecule has 1 fully saturated rings. The fourth-order valence-corrected chi connectivity index (χ4v) is 3.00. The van der Waals surface area contributed by atoms with E-state index in [4.69, 9.17) is 0 Å². The molecule has 1 saturated heterocycles. The highest BCUT2D eigenvalue weighted by atomic mass is 19.1. The minimum Gasteiger partial charge on any atom is -0.393 e. The Hall–Kier alpha value is -1.13. The highest BCUT2D eigenvalue weighted by Gasteiger charge is 2.25. The van der Waals surface area contributed by atoms with Gasteiger partial charge < -0.3 is 15.3 Å². The summed E-state index contributed by atoms with van der Waals surface area (Å²) in [5.41, 5.74) is 1.72. The molecule has 2 rings (SSSR count). The zero-order valence-electron chi connectivity index (χ0n) is 12.6. The molecule has 0 spiro atoms. The fraction of sp³-hybridized carbons (Fsp3) is 0.625. The van der Waals surface area contributed by atoms with Crippen LogP contribution in [-0.4, -0.2) is 31.3 Å². The number of hydrogen-bond acceptors (Lipinski definition) is 3. The molecule has 4 heteroatoms. The molecule has 0 saturated carbocycles. The first kappa shape index (κ1) is 15.3. The van der Waals surface area contributed by atoms with Crippen molar-refractivity contribution >= 4 is 5.69 Å². The highest BCUT2D eigenvalue weighted by Crippen LogP contribution is 2.32. The van der Waals surface area contributed by atoms with E-state index in [-0.39, 0.29) is 18.0 Å². The number of nitrogens with zero attached hydrogens (tertiary/aromatic N) is 1. The summed E-state index contributed by atoms with van der Waals surface area (Å²) in [7, 11) is 1.85. The monoisotopic (exact) mass is 280 g/mol. The number of piperidine rings is 1. The standard InChI is InChI=1S/C16H25FN2O/c1-11(18-3)16-14(17)5-4-6-15(16)19-9-7-13(8-10-19)12(2)20/h4-6,11-13,18,20H,7-10H2,1-3H3. The van der Waals surface area contributed by atoms with E-state index in [0.29, 0.717) is 5.92 Å². The first-order valence-corrected chi connectivity index (χ1v) is 7.43. The van der Waals surface area contributed by atoms with Crippen LogP contribution in [0.4, 0.5) is 10.1 Å². The summed E-state index contributed by atoms with van der Waals surface area (Å²) in [5, 5.41) is 12.8. The van der Waals surface area contributed by atoms with E-state index in [2.05, 4.69) is 10.2 Å². The summed E-state index contributed by atoms with van der Waals surface area (Å²) in [6.07, 6.45) is 1.67. The zero-order chi connectivity index (χ0) is 14.7. The molecule has 112 valence electrons. The molecule has 1 aliphatic heterocycles. The molecule has 1 aliphatic rings. The average Bonchev–Trinajstić information content (AvgIpc) is 2.46. The zero-order valence-corrected chi connectivity index (χ0v) is 12.6. The van der Waals surface area contributed by atoms with Gasteiger partial charge in [-0.3, -0.25) is 0 Å². The molecule has 0 radical (unpaired) electrons. The molecule has 0 aliphatic carbocycles. The number of rotatable bonds is 4. The maximum Gasteiger partial charge on any atom is 0.130 e. The lowest BCUT2D eigenvalue weighted by atomic mass is 9.91. The number of aliphatic hydroxyl groups excluding tert-OH is 1. The molecule has 0 amide bonds. The van der Waals surface area contributed by atoms with Gasteiger partial charge in [0.05, 0.1) is 6.10 Å². The van der Waals surface area contributed by atoms with E-state index in [0.717, 1.165) is 37.2 Å². The van der Waals surface area contributed by atoms with Crippen LogP contribution in [-0.2, 0) is 0 Å². The number of nitrogens with one attached hydrogen (secondary N) is 1. The normalized spacial score (nSPS) is 19.9. The molecular weight excluding hydrogens is 255 g/mol. The van der Waals surface area contributed by atoms with E-state index in [1.165, 1.54) is 6.07 Å². The van der Waals surface area contributed by atoms with Gasteiger partial charge in [0.2, 0.25) is 0 Å². The largest absolute Gasteiger partial charge is 0.393 e. The minimum absolute atomic E-state index is 0.0133. The molecule has 3 nitrogen and oxygen atoms in total. The van der Waals surface area contributed by atoms with Crippen molar-refractivity contribution in [2.75, 3.05) is 25.0 Å². The number of aliphatic hydroxyl groups is 1. The first-order valence-electron chi connectivity index (χ1n) is 7.43. The van der Waals surface area contributed by atoms with E-state index in [9.17, 15) is 9.50 Å². The third-order valence-electron chi connectivity index (χ3n) is 4.46. The number of benzene rings is 1. The lowest BCUT2D eigenvalue weighted by molar-refractivity contribution is 0.110. The fourth-order valence-electron chi connectivity index (χ4n) is 3.00. The van der Waals surface area contributed by atoms with Crippen LogP contribution in [0.1, 0.15) is 38.3 Å². The second kappa shape index (κ2) is 6.55. The predicted molar refractivity (Wildman–Crippen MR) is 80.5 cm³/mol. The van der Waals surface area contributed by atoms with Gasteiger partial charge in [0, 0.05) is 30.4 Å². The molecular formula is C16H25FN2O. The van der Waals surface area contributed by atoms with Gasteiger partial charge in [-0.25, -0.2) is 4.39 Å². The average molecular weight is 280 g/mol. The Morgan fingerprint density at radius 1 is 1.30 bits per heavy atom. The minimum atomic E-state index is -0.250. The summed E-state index contributed by atoms with van der Waals surface area (Å²) < 4.78 is 14.1. The Balaban J connectivity index is 2.20. The van der Waals surface area contributed by atoms with Crippen LogP contribution in [0, 0.1) is 11.7 Å². The van der Waals surface area contributed by atoms with E-state index >= 15 is 0 Å². The van der Waals surface area contributed by atoms with Crippen LogP contribution in [0.25, 0.3) is 0 Å². The Morgan fingerprint density at radius 3 is 2.50 bits per heavy atom. The molecule has 1 aromatic carbocycles. The molecule has 1 aromatic rings. The first-order chi connectivity index (χ1) is 9.54. The summed E-state index contributed by atoms with van der Waals surface area (Å²) in [6.45, 7) is 5.59. The molecule has 2 N–H and O–H groups in total. The summed E-state index contributed by atoms with van der Waals surface area (Å²) in [4.78, 5) is 2.24. The van der Waals surface area contributed by atoms with Crippen molar-refractivity contribution in [2.24, 2.45) is 5.92 Å². The predicted octanol–water partition coefficient (Wildman–Crippen LogP) is 2.70. The molecule has 20 heavy (non-hydrogen) atoms. The number of halogens is 1. The van der Waals surface area contributed by atoms with Crippen LogP contribution < -0.4 is 10.2 Å². The topological polar surface area (TPSA) is 35.5 Å². The Morgan fingerprint density at radius 2 is 1.95 bits per heavy atom. The van der Waals surface area contributed by atoms with Crippen molar-refractivity contribution in [3.8, 4) is 0 Å². The molecule has 1 heterocycles. The van der Waals surface area contributed by atoms with Gasteiger partial charge in [0.1, 0.15) is 5.82 Å². The van der Waals surface area contributed by atoms with E-state index in [1.807, 2.05) is 27.0 Å². The Labute approximate surface area is 120 Å². The van der Waals surface area contributed by atoms with Crippen LogP contribution >= 0.6 is 0 Å². The number of hydrogen-bond donors (Lipinski definition) is 2. The second-order valence-electron chi connectivity index (χ2n) is 5.75. The van der Waals surface area contributed by atoms with Gasteiger partial charge in [-0.1, -0.05) is 6.07 Å². The van der Waals surface area contributed by atoms with Crippen LogP contribution in [0.5, 0.6) is 0 Å². The van der Waals surface area contributed by atoms with Crippen LogP contribution in [0.3, 0.4) is 0 Å². The van der Waals surface area contributed by atoms with Crippen molar-refractivity contribution in [3.63, 3.8) is 0 Å². The molecule has 2 unspecified atom stereocenters. The van der Waals surface area contributed by atoms with Crippen molar-refractivity contribution < 1.29 is 9.50 Å². The lowest BCUT2D eigenvalue weighted by Crippen LogP contribution is -2.38. The van der Waals surface area contributed by atoms with Crippen LogP contribution in [0.2, 0.25) is 0 Å². The van der Waals surface area contributed by atoms with Crippen molar-refractivity contribution in [3.05, 3.63) is 29.6 Å². The molecule has 2 atom stereocenters. The summed E-state index contributed by atoms with van der Waals surface area (Å²) >= 11 is 0. The smallest absolute Gasteiger partial charge is 0.130 e. The van der Waals surface area contributed by atoms with Gasteiger partial charge >= 0.3 is 0 Å². The van der Waals surface area contributed by atoms with E-state index < -0.39 is 0 Å². The molecule has 0 bridgehead atoms. The van der Waals surface area contributed by atoms with Crippen LogP contribution in [0.15, 0.2) is 18.2 Å². The lowest BCUT2D eigenvalue weighted by Gasteiger charge is -2.36. The van der Waals surface area contributed by atoms with Crippen molar-refractivity contribution in [2.45, 2.75) is 38.8 Å². The number of anilines is 1. The Bertz CT molecular complexity index is 442. The maximum atomic E-state index is 14.1. The summed E-state index contributed by atoms with van der Waals surface area (Å²) in [5.74, 6) is 0.215. The maximum absolute atomic E-state index is 14.1. The van der Waals surface area contributed by atoms with E-state index in [1.54, 1.807) is 6.07 Å². The van der Waals surface area contributed by atoms with Gasteiger partial charge in [-0.05, 0) is 51.8 Å². The SMILES string of the molecule is CNC(C)c1c(F)cccc1N1CCC(C(C)O)CC1. The quantitative estimate of drug-likeness (QED) is 0.890. The summed E-state index contributed by atoms with van der Waals surface area (Å²) in [6, 6.07) is 5.28. The van der Waals surface area contributed by atoms with Gasteiger partial charge in [0.15, 0.2) is 0 Å². The molecule has 0 aromatic heterocycles. The second-order valence-corrected chi connectivity index (χ2v) is 5.75. The van der Waals surface area contributed by atoms with Gasteiger partial charge in [-0.15, -0.1) is 0 Å². The Kier molecular flexibility index (Phi) is 5.00.